The average Bonchev–Trinajstić information content (AvgIpc) is 2.78. The maximum Gasteiger partial charge on any atom is 0.264 e. The van der Waals surface area contributed by atoms with Gasteiger partial charge >= 0.3 is 0 Å². The molecule has 0 aliphatic rings. The van der Waals surface area contributed by atoms with Crippen LogP contribution >= 0.6 is 0 Å². The lowest BCUT2D eigenvalue weighted by Crippen LogP contribution is -2.15. The minimum atomic E-state index is -3.73. The van der Waals surface area contributed by atoms with E-state index < -0.39 is 10.0 Å². The largest absolute Gasteiger partial charge is 0.337 e. The lowest BCUT2D eigenvalue weighted by Gasteiger charge is -2.11. The molecule has 3 N–H and O–H groups in total. The number of rotatable bonds is 5. The van der Waals surface area contributed by atoms with Crippen LogP contribution in [-0.4, -0.2) is 13.6 Å². The smallest absolute Gasteiger partial charge is 0.264 e. The second kappa shape index (κ2) is 5.87. The van der Waals surface area contributed by atoms with E-state index in [1.165, 1.54) is 6.07 Å². The Hall–Kier alpha value is -1.86. The maximum atomic E-state index is 12.4. The van der Waals surface area contributed by atoms with E-state index in [1.54, 1.807) is 26.0 Å². The molecule has 1 aromatic heterocycles. The minimum Gasteiger partial charge on any atom is -0.337 e. The molecular formula is C14H19N3O3S. The van der Waals surface area contributed by atoms with Crippen molar-refractivity contribution < 1.29 is 12.9 Å². The molecule has 0 saturated heterocycles. The highest BCUT2D eigenvalue weighted by Gasteiger charge is 2.20. The molecule has 7 heteroatoms. The van der Waals surface area contributed by atoms with Crippen LogP contribution in [0.3, 0.4) is 0 Å². The molecule has 114 valence electrons. The third-order valence-corrected chi connectivity index (χ3v) is 4.75. The van der Waals surface area contributed by atoms with Gasteiger partial charge in [0.2, 0.25) is 5.88 Å². The zero-order chi connectivity index (χ0) is 15.6. The predicted molar refractivity (Wildman–Crippen MR) is 80.4 cm³/mol. The molecule has 1 unspecified atom stereocenters. The number of aryl methyl sites for hydroxylation is 1. The normalized spacial score (nSPS) is 13.1. The molecule has 0 radical (unpaired) electrons. The van der Waals surface area contributed by atoms with Crippen molar-refractivity contribution >= 4 is 15.9 Å². The first kappa shape index (κ1) is 15.5. The van der Waals surface area contributed by atoms with Gasteiger partial charge in [0.25, 0.3) is 10.0 Å². The Kier molecular flexibility index (Phi) is 4.34. The number of hydrogen-bond acceptors (Lipinski definition) is 5. The molecule has 0 saturated carbocycles. The van der Waals surface area contributed by atoms with E-state index in [0.717, 1.165) is 12.0 Å². The molecule has 0 bridgehead atoms. The summed E-state index contributed by atoms with van der Waals surface area (Å²) in [5, 5.41) is 3.73. The van der Waals surface area contributed by atoms with E-state index in [0.29, 0.717) is 11.3 Å². The number of benzene rings is 1. The summed E-state index contributed by atoms with van der Waals surface area (Å²) in [5.74, 6) is 0.137. The molecule has 0 spiro atoms. The molecule has 0 fully saturated rings. The summed E-state index contributed by atoms with van der Waals surface area (Å²) in [6.45, 7) is 5.44. The fraction of sp³-hybridized carbons (Fsp3) is 0.357. The van der Waals surface area contributed by atoms with Gasteiger partial charge in [-0.2, -0.15) is 0 Å². The lowest BCUT2D eigenvalue weighted by molar-refractivity contribution is 0.430. The van der Waals surface area contributed by atoms with Crippen molar-refractivity contribution in [2.45, 2.75) is 38.1 Å². The average molecular weight is 309 g/mol. The van der Waals surface area contributed by atoms with Crippen molar-refractivity contribution in [1.29, 1.82) is 0 Å². The van der Waals surface area contributed by atoms with Crippen molar-refractivity contribution in [3.05, 3.63) is 41.1 Å². The number of aromatic nitrogens is 1. The van der Waals surface area contributed by atoms with Gasteiger partial charge in [0.1, 0.15) is 0 Å². The Morgan fingerprint density at radius 3 is 2.67 bits per heavy atom. The zero-order valence-electron chi connectivity index (χ0n) is 12.3. The number of nitrogens with zero attached hydrogens (tertiary/aromatic N) is 1. The summed E-state index contributed by atoms with van der Waals surface area (Å²) in [6, 6.07) is 6.41. The molecule has 2 aromatic rings. The number of nitrogens with one attached hydrogen (secondary N) is 1. The first-order chi connectivity index (χ1) is 9.85. The second-order valence-electron chi connectivity index (χ2n) is 4.91. The predicted octanol–water partition coefficient (Wildman–Crippen LogP) is 2.50. The summed E-state index contributed by atoms with van der Waals surface area (Å²) in [7, 11) is -3.73. The van der Waals surface area contributed by atoms with E-state index in [9.17, 15) is 8.42 Å². The molecule has 1 heterocycles. The molecule has 2 rings (SSSR count). The second-order valence-corrected chi connectivity index (χ2v) is 6.60. The van der Waals surface area contributed by atoms with Crippen LogP contribution in [0.2, 0.25) is 0 Å². The SMILES string of the molecule is CCC(N)c1cccc(S(=O)(=O)Nc2onc(C)c2C)c1. The van der Waals surface area contributed by atoms with Crippen molar-refractivity contribution in [3.63, 3.8) is 0 Å². The molecule has 6 nitrogen and oxygen atoms in total. The topological polar surface area (TPSA) is 98.2 Å². The minimum absolute atomic E-state index is 0.137. The highest BCUT2D eigenvalue weighted by atomic mass is 32.2. The third-order valence-electron chi connectivity index (χ3n) is 3.42. The van der Waals surface area contributed by atoms with Gasteiger partial charge in [0, 0.05) is 11.6 Å². The highest BCUT2D eigenvalue weighted by molar-refractivity contribution is 7.92. The van der Waals surface area contributed by atoms with Gasteiger partial charge in [-0.25, -0.2) is 13.1 Å². The van der Waals surface area contributed by atoms with Gasteiger partial charge in [0.15, 0.2) is 0 Å². The Balaban J connectivity index is 2.34. The summed E-state index contributed by atoms with van der Waals surface area (Å²) in [4.78, 5) is 0.150. The summed E-state index contributed by atoms with van der Waals surface area (Å²) in [5.41, 5.74) is 8.04. The maximum absolute atomic E-state index is 12.4. The van der Waals surface area contributed by atoms with Crippen LogP contribution in [0.5, 0.6) is 0 Å². The molecule has 1 aromatic carbocycles. The van der Waals surface area contributed by atoms with E-state index >= 15 is 0 Å². The van der Waals surface area contributed by atoms with E-state index in [-0.39, 0.29) is 16.8 Å². The summed E-state index contributed by atoms with van der Waals surface area (Å²) >= 11 is 0. The summed E-state index contributed by atoms with van der Waals surface area (Å²) in [6.07, 6.45) is 0.733. The summed E-state index contributed by atoms with van der Waals surface area (Å²) < 4.78 is 32.2. The van der Waals surface area contributed by atoms with Crippen LogP contribution in [0.25, 0.3) is 0 Å². The molecular weight excluding hydrogens is 290 g/mol. The van der Waals surface area contributed by atoms with Crippen LogP contribution in [0.1, 0.15) is 36.2 Å². The number of hydrogen-bond donors (Lipinski definition) is 2. The van der Waals surface area contributed by atoms with Crippen molar-refractivity contribution in [1.82, 2.24) is 5.16 Å². The van der Waals surface area contributed by atoms with Crippen molar-refractivity contribution in [2.75, 3.05) is 4.72 Å². The Labute approximate surface area is 124 Å². The van der Waals surface area contributed by atoms with Gasteiger partial charge in [-0.1, -0.05) is 24.2 Å². The van der Waals surface area contributed by atoms with Gasteiger partial charge in [-0.3, -0.25) is 0 Å². The molecule has 0 aliphatic heterocycles. The van der Waals surface area contributed by atoms with E-state index in [4.69, 9.17) is 10.3 Å². The van der Waals surface area contributed by atoms with E-state index in [1.807, 2.05) is 13.0 Å². The quantitative estimate of drug-likeness (QED) is 0.884. The van der Waals surface area contributed by atoms with Gasteiger partial charge < -0.3 is 10.3 Å². The molecule has 0 amide bonds. The van der Waals surface area contributed by atoms with Crippen LogP contribution in [0, 0.1) is 13.8 Å². The van der Waals surface area contributed by atoms with Gasteiger partial charge in [0.05, 0.1) is 10.6 Å². The fourth-order valence-corrected chi connectivity index (χ4v) is 2.94. The Morgan fingerprint density at radius 2 is 2.10 bits per heavy atom. The lowest BCUT2D eigenvalue weighted by atomic mass is 10.1. The first-order valence-electron chi connectivity index (χ1n) is 6.66. The zero-order valence-corrected chi connectivity index (χ0v) is 13.1. The van der Waals surface area contributed by atoms with Crippen LogP contribution in [0.4, 0.5) is 5.88 Å². The molecule has 0 aliphatic carbocycles. The van der Waals surface area contributed by atoms with Crippen LogP contribution in [-0.2, 0) is 10.0 Å². The van der Waals surface area contributed by atoms with E-state index in [2.05, 4.69) is 9.88 Å². The number of nitrogens with two attached hydrogens (primary N) is 1. The molecule has 1 atom stereocenters. The number of sulfonamides is 1. The van der Waals surface area contributed by atoms with Crippen molar-refractivity contribution in [2.24, 2.45) is 5.73 Å². The fourth-order valence-electron chi connectivity index (χ4n) is 1.84. The Bertz CT molecular complexity index is 738. The molecule has 21 heavy (non-hydrogen) atoms. The third kappa shape index (κ3) is 3.25. The number of anilines is 1. The highest BCUT2D eigenvalue weighted by Crippen LogP contribution is 2.23. The first-order valence-corrected chi connectivity index (χ1v) is 8.14. The van der Waals surface area contributed by atoms with Crippen LogP contribution in [0.15, 0.2) is 33.7 Å². The Morgan fingerprint density at radius 1 is 1.38 bits per heavy atom. The monoisotopic (exact) mass is 309 g/mol. The standard InChI is InChI=1S/C14H19N3O3S/c1-4-13(15)11-6-5-7-12(8-11)21(18,19)17-14-9(2)10(3)16-20-14/h5-8,13,17H,4,15H2,1-3H3. The van der Waals surface area contributed by atoms with Gasteiger partial charge in [-0.05, 0) is 38.0 Å². The van der Waals surface area contributed by atoms with Crippen molar-refractivity contribution in [3.8, 4) is 0 Å². The van der Waals surface area contributed by atoms with Crippen LogP contribution < -0.4 is 10.5 Å². The van der Waals surface area contributed by atoms with Gasteiger partial charge in [-0.15, -0.1) is 0 Å².